The Morgan fingerprint density at radius 2 is 1.75 bits per heavy atom. The fraction of sp³-hybridized carbons (Fsp3) is 0.304. The van der Waals surface area contributed by atoms with Crippen molar-refractivity contribution in [3.05, 3.63) is 51.9 Å². The van der Waals surface area contributed by atoms with Crippen molar-refractivity contribution in [2.75, 3.05) is 34.0 Å². The largest absolute Gasteiger partial charge is 0.493 e. The van der Waals surface area contributed by atoms with Gasteiger partial charge in [-0.25, -0.2) is 0 Å². The minimum absolute atomic E-state index is 0.104. The quantitative estimate of drug-likeness (QED) is 0.248. The zero-order valence-electron chi connectivity index (χ0n) is 18.1. The minimum atomic E-state index is -0.104. The third-order valence-corrected chi connectivity index (χ3v) is 6.26. The van der Waals surface area contributed by atoms with Crippen LogP contribution in [-0.2, 0) is 4.79 Å². The highest BCUT2D eigenvalue weighted by Gasteiger charge is 2.30. The molecule has 0 spiro atoms. The average molecular weight is 494 g/mol. The van der Waals surface area contributed by atoms with Gasteiger partial charge in [-0.05, 0) is 42.8 Å². The van der Waals surface area contributed by atoms with E-state index in [9.17, 15) is 4.79 Å². The first-order valence-electron chi connectivity index (χ1n) is 10.00. The summed E-state index contributed by atoms with van der Waals surface area (Å²) in [6, 6.07) is 11.0. The first kappa shape index (κ1) is 24.2. The van der Waals surface area contributed by atoms with Crippen LogP contribution in [0.15, 0.2) is 41.3 Å². The minimum Gasteiger partial charge on any atom is -0.493 e. The lowest BCUT2D eigenvalue weighted by Crippen LogP contribution is -2.27. The van der Waals surface area contributed by atoms with E-state index in [2.05, 4.69) is 0 Å². The number of amides is 1. The molecule has 1 amide bonds. The number of thiocarbonyl (C=S) groups is 1. The third kappa shape index (κ3) is 5.68. The normalized spacial score (nSPS) is 14.8. The van der Waals surface area contributed by atoms with Gasteiger partial charge in [0.05, 0.1) is 37.4 Å². The van der Waals surface area contributed by atoms with Gasteiger partial charge in [-0.2, -0.15) is 0 Å². The van der Waals surface area contributed by atoms with Crippen LogP contribution in [0.4, 0.5) is 0 Å². The predicted molar refractivity (Wildman–Crippen MR) is 132 cm³/mol. The maximum absolute atomic E-state index is 12.4. The van der Waals surface area contributed by atoms with Crippen molar-refractivity contribution < 1.29 is 23.7 Å². The van der Waals surface area contributed by atoms with Gasteiger partial charge >= 0.3 is 0 Å². The number of hydrogen-bond donors (Lipinski definition) is 0. The number of ether oxygens (including phenoxy) is 4. The van der Waals surface area contributed by atoms with Gasteiger partial charge in [-0.15, -0.1) is 0 Å². The number of nitrogens with zero attached hydrogens (tertiary/aromatic N) is 1. The first-order valence-corrected chi connectivity index (χ1v) is 11.6. The van der Waals surface area contributed by atoms with Gasteiger partial charge in [-0.3, -0.25) is 9.69 Å². The molecule has 1 fully saturated rings. The van der Waals surface area contributed by atoms with Crippen molar-refractivity contribution >= 4 is 51.9 Å². The lowest BCUT2D eigenvalue weighted by molar-refractivity contribution is -0.121. The zero-order valence-corrected chi connectivity index (χ0v) is 20.4. The lowest BCUT2D eigenvalue weighted by Gasteiger charge is -2.14. The average Bonchev–Trinajstić information content (AvgIpc) is 3.06. The van der Waals surface area contributed by atoms with Crippen LogP contribution in [0.3, 0.4) is 0 Å². The molecule has 32 heavy (non-hydrogen) atoms. The van der Waals surface area contributed by atoms with E-state index in [1.807, 2.05) is 31.2 Å². The molecule has 3 rings (SSSR count). The molecule has 1 saturated heterocycles. The van der Waals surface area contributed by atoms with Crippen LogP contribution in [0.5, 0.6) is 23.0 Å². The third-order valence-electron chi connectivity index (χ3n) is 4.60. The molecule has 1 heterocycles. The zero-order chi connectivity index (χ0) is 23.1. The van der Waals surface area contributed by atoms with E-state index in [0.717, 1.165) is 5.56 Å². The van der Waals surface area contributed by atoms with Crippen LogP contribution >= 0.6 is 35.6 Å². The number of para-hydroxylation sites is 2. The fourth-order valence-corrected chi connectivity index (χ4v) is 4.70. The topological polar surface area (TPSA) is 57.2 Å². The Balaban J connectivity index is 1.62. The number of thioether (sulfide) groups is 1. The number of methoxy groups -OCH3 is 2. The van der Waals surface area contributed by atoms with Crippen LogP contribution in [-0.4, -0.2) is 49.1 Å². The molecule has 2 aromatic carbocycles. The van der Waals surface area contributed by atoms with Gasteiger partial charge in [0.2, 0.25) is 0 Å². The Kier molecular flexibility index (Phi) is 8.67. The molecular weight excluding hydrogens is 470 g/mol. The van der Waals surface area contributed by atoms with E-state index in [-0.39, 0.29) is 5.91 Å². The highest BCUT2D eigenvalue weighted by Crippen LogP contribution is 2.39. The second kappa shape index (κ2) is 11.4. The number of hydrogen-bond acceptors (Lipinski definition) is 7. The molecule has 1 aliphatic heterocycles. The Hall–Kier alpha value is -2.42. The van der Waals surface area contributed by atoms with Crippen molar-refractivity contribution in [2.45, 2.75) is 13.3 Å². The van der Waals surface area contributed by atoms with Crippen LogP contribution < -0.4 is 18.9 Å². The van der Waals surface area contributed by atoms with Gasteiger partial charge in [0.15, 0.2) is 23.0 Å². The number of rotatable bonds is 10. The van der Waals surface area contributed by atoms with Crippen molar-refractivity contribution in [1.82, 2.24) is 4.90 Å². The van der Waals surface area contributed by atoms with E-state index >= 15 is 0 Å². The summed E-state index contributed by atoms with van der Waals surface area (Å²) in [5.74, 6) is 2.20. The number of carbonyl (C=O) groups is 1. The highest BCUT2D eigenvalue weighted by molar-refractivity contribution is 8.26. The highest BCUT2D eigenvalue weighted by atomic mass is 35.5. The summed E-state index contributed by atoms with van der Waals surface area (Å²) in [6.45, 7) is 3.28. The van der Waals surface area contributed by atoms with Gasteiger partial charge in [-0.1, -0.05) is 47.7 Å². The molecule has 0 atom stereocenters. The smallest absolute Gasteiger partial charge is 0.266 e. The van der Waals surface area contributed by atoms with Gasteiger partial charge in [0.25, 0.3) is 5.91 Å². The molecule has 6 nitrogen and oxygen atoms in total. The molecule has 0 unspecified atom stereocenters. The summed E-state index contributed by atoms with van der Waals surface area (Å²) in [4.78, 5) is 14.6. The molecule has 170 valence electrons. The lowest BCUT2D eigenvalue weighted by atomic mass is 10.1. The molecule has 0 saturated carbocycles. The molecule has 0 aromatic heterocycles. The Morgan fingerprint density at radius 3 is 2.41 bits per heavy atom. The van der Waals surface area contributed by atoms with E-state index in [1.165, 1.54) is 11.8 Å². The van der Waals surface area contributed by atoms with Crippen LogP contribution in [0.25, 0.3) is 6.08 Å². The summed E-state index contributed by atoms with van der Waals surface area (Å²) >= 11 is 13.0. The molecule has 0 aliphatic carbocycles. The monoisotopic (exact) mass is 493 g/mol. The first-order chi connectivity index (χ1) is 15.5. The van der Waals surface area contributed by atoms with Crippen molar-refractivity contribution in [3.63, 3.8) is 0 Å². The van der Waals surface area contributed by atoms with Crippen LogP contribution in [0.2, 0.25) is 5.02 Å². The molecule has 1 aliphatic rings. The number of benzene rings is 2. The van der Waals surface area contributed by atoms with E-state index in [4.69, 9.17) is 42.8 Å². The van der Waals surface area contributed by atoms with Crippen molar-refractivity contribution in [1.29, 1.82) is 0 Å². The number of halogens is 1. The van der Waals surface area contributed by atoms with E-state index < -0.39 is 0 Å². The predicted octanol–water partition coefficient (Wildman–Crippen LogP) is 5.43. The summed E-state index contributed by atoms with van der Waals surface area (Å²) < 4.78 is 22.9. The molecule has 0 radical (unpaired) electrons. The molecule has 9 heteroatoms. The molecular formula is C23H24ClNO5S2. The second-order valence-electron chi connectivity index (χ2n) is 6.66. The number of carbonyl (C=O) groups excluding carboxylic acids is 1. The fourth-order valence-electron chi connectivity index (χ4n) is 3.04. The maximum Gasteiger partial charge on any atom is 0.266 e. The second-order valence-corrected chi connectivity index (χ2v) is 8.74. The Bertz CT molecular complexity index is 1030. The summed E-state index contributed by atoms with van der Waals surface area (Å²) in [7, 11) is 3.15. The summed E-state index contributed by atoms with van der Waals surface area (Å²) in [5.41, 5.74) is 0.732. The SMILES string of the molecule is CCN1C(=O)C(=Cc2cc(Cl)c(OCCCOc3ccccc3OC)c(OC)c2)SC1=S. The van der Waals surface area contributed by atoms with Crippen molar-refractivity contribution in [3.8, 4) is 23.0 Å². The van der Waals surface area contributed by atoms with Crippen molar-refractivity contribution in [2.24, 2.45) is 0 Å². The van der Waals surface area contributed by atoms with Crippen LogP contribution in [0.1, 0.15) is 18.9 Å². The number of likely N-dealkylation sites (N-methyl/N-ethyl adjacent to an activating group) is 1. The van der Waals surface area contributed by atoms with Gasteiger partial charge in [0, 0.05) is 13.0 Å². The Labute approximate surface area is 202 Å². The van der Waals surface area contributed by atoms with E-state index in [1.54, 1.807) is 37.3 Å². The maximum atomic E-state index is 12.4. The molecule has 0 bridgehead atoms. The van der Waals surface area contributed by atoms with Gasteiger partial charge in [0.1, 0.15) is 4.32 Å². The summed E-state index contributed by atoms with van der Waals surface area (Å²) in [5, 5.41) is 0.396. The van der Waals surface area contributed by atoms with Gasteiger partial charge < -0.3 is 18.9 Å². The molecule has 0 N–H and O–H groups in total. The van der Waals surface area contributed by atoms with Crippen LogP contribution in [0, 0.1) is 0 Å². The molecule has 2 aromatic rings. The standard InChI is InChI=1S/C23H24ClNO5S2/c1-4-25-22(26)20(32-23(25)31)14-15-12-16(24)21(19(13-15)28-3)30-11-7-10-29-18-9-6-5-8-17(18)27-2/h5-6,8-9,12-14H,4,7,10-11H2,1-3H3. The van der Waals surface area contributed by atoms with E-state index in [0.29, 0.717) is 63.4 Å². The Morgan fingerprint density at radius 1 is 1.06 bits per heavy atom. The summed E-state index contributed by atoms with van der Waals surface area (Å²) in [6.07, 6.45) is 2.40.